The van der Waals surface area contributed by atoms with Gasteiger partial charge >= 0.3 is 10.2 Å². The Hall–Kier alpha value is -4.53. The van der Waals surface area contributed by atoms with Crippen LogP contribution in [-0.4, -0.2) is 107 Å². The van der Waals surface area contributed by atoms with Crippen LogP contribution in [0.15, 0.2) is 36.4 Å². The lowest BCUT2D eigenvalue weighted by Gasteiger charge is -2.39. The number of hydrogen-bond acceptors (Lipinski definition) is 8. The van der Waals surface area contributed by atoms with Crippen molar-refractivity contribution in [2.45, 2.75) is 89.4 Å². The molecule has 286 valence electrons. The van der Waals surface area contributed by atoms with E-state index in [4.69, 9.17) is 4.74 Å². The summed E-state index contributed by atoms with van der Waals surface area (Å²) in [6.07, 6.45) is 9.67. The summed E-state index contributed by atoms with van der Waals surface area (Å²) in [7, 11) is 2.53. The van der Waals surface area contributed by atoms with E-state index in [2.05, 4.69) is 48.6 Å². The van der Waals surface area contributed by atoms with Gasteiger partial charge in [0, 0.05) is 72.9 Å². The maximum Gasteiger partial charge on any atom is 0.303 e. The van der Waals surface area contributed by atoms with Gasteiger partial charge in [-0.1, -0.05) is 30.5 Å². The number of fused-ring (bicyclic) bond motifs is 7. The summed E-state index contributed by atoms with van der Waals surface area (Å²) in [4.78, 5) is 32.6. The Labute approximate surface area is 317 Å². The lowest BCUT2D eigenvalue weighted by atomic mass is 9.81. The third kappa shape index (κ3) is 6.21. The van der Waals surface area contributed by atoms with Gasteiger partial charge in [0.15, 0.2) is 5.69 Å². The monoisotopic (exact) mass is 754 g/mol. The Balaban J connectivity index is 1.34. The summed E-state index contributed by atoms with van der Waals surface area (Å²) in [6.45, 7) is 6.13. The molecule has 4 aromatic rings. The van der Waals surface area contributed by atoms with Gasteiger partial charge in [0.25, 0.3) is 11.8 Å². The minimum absolute atomic E-state index is 0.0835. The number of rotatable bonds is 8. The molecule has 2 saturated heterocycles. The molecule has 14 heteroatoms. The third-order valence-corrected chi connectivity index (χ3v) is 13.2. The number of carbonyl (C=O) groups is 2. The maximum absolute atomic E-state index is 14.7. The number of allylic oxidation sites excluding steroid dienone is 1. The van der Waals surface area contributed by atoms with Crippen LogP contribution in [0, 0.1) is 0 Å². The van der Waals surface area contributed by atoms with Crippen LogP contribution in [0.1, 0.15) is 108 Å². The van der Waals surface area contributed by atoms with Crippen molar-refractivity contribution in [2.75, 3.05) is 41.3 Å². The third-order valence-electron chi connectivity index (χ3n) is 11.8. The summed E-state index contributed by atoms with van der Waals surface area (Å²) < 4.78 is 38.5. The first kappa shape index (κ1) is 36.4. The molecule has 2 bridgehead atoms. The number of nitrogens with one attached hydrogen (secondary N) is 1. The zero-order valence-corrected chi connectivity index (χ0v) is 32.8. The van der Waals surface area contributed by atoms with E-state index in [-0.39, 0.29) is 29.6 Å². The SMILES string of the molecule is COc1ccc2c(c1)C=C(c1c(C(=O)N3C4CCC3CN(C)C4)nnn1C(C)C)Cn1c-2c(C2CCCCC2)c2ccc(C(=O)NS(=O)(=O)N(C)C)cc21. The second-order valence-electron chi connectivity index (χ2n) is 15.9. The number of nitrogens with zero attached hydrogens (tertiary/aromatic N) is 7. The van der Waals surface area contributed by atoms with Crippen molar-refractivity contribution in [1.82, 2.24) is 38.4 Å². The van der Waals surface area contributed by atoms with Crippen LogP contribution in [0.4, 0.5) is 0 Å². The van der Waals surface area contributed by atoms with E-state index in [1.165, 1.54) is 26.1 Å². The summed E-state index contributed by atoms with van der Waals surface area (Å²) in [5.74, 6) is 0.229. The first-order chi connectivity index (χ1) is 25.9. The maximum atomic E-state index is 14.7. The predicted molar refractivity (Wildman–Crippen MR) is 209 cm³/mol. The average molecular weight is 755 g/mol. The van der Waals surface area contributed by atoms with Gasteiger partial charge in [-0.15, -0.1) is 5.10 Å². The lowest BCUT2D eigenvalue weighted by molar-refractivity contribution is 0.0466. The number of aromatic nitrogens is 4. The summed E-state index contributed by atoms with van der Waals surface area (Å²) in [6, 6.07) is 11.8. The van der Waals surface area contributed by atoms with Gasteiger partial charge in [-0.05, 0) is 100 Å². The van der Waals surface area contributed by atoms with Gasteiger partial charge < -0.3 is 19.1 Å². The number of piperazine rings is 1. The molecule has 0 radical (unpaired) electrons. The Kier molecular flexibility index (Phi) is 9.42. The highest BCUT2D eigenvalue weighted by atomic mass is 32.2. The highest BCUT2D eigenvalue weighted by Crippen LogP contribution is 2.48. The van der Waals surface area contributed by atoms with E-state index in [0.29, 0.717) is 23.9 Å². The highest BCUT2D eigenvalue weighted by molar-refractivity contribution is 7.87. The van der Waals surface area contributed by atoms with Crippen LogP contribution in [0.3, 0.4) is 0 Å². The van der Waals surface area contributed by atoms with E-state index >= 15 is 0 Å². The summed E-state index contributed by atoms with van der Waals surface area (Å²) >= 11 is 0. The van der Waals surface area contributed by atoms with E-state index in [0.717, 1.165) is 95.0 Å². The van der Waals surface area contributed by atoms with Crippen molar-refractivity contribution in [3.8, 4) is 17.0 Å². The van der Waals surface area contributed by atoms with Gasteiger partial charge in [-0.25, -0.2) is 9.40 Å². The molecule has 3 aliphatic heterocycles. The Morgan fingerprint density at radius 1 is 0.963 bits per heavy atom. The normalized spacial score (nSPS) is 20.6. The molecule has 54 heavy (non-hydrogen) atoms. The first-order valence-corrected chi connectivity index (χ1v) is 20.6. The molecule has 2 amide bonds. The molecule has 0 spiro atoms. The molecule has 2 aromatic carbocycles. The molecule has 4 aliphatic rings. The number of ether oxygens (including phenoxy) is 1. The molecule has 13 nitrogen and oxygen atoms in total. The lowest BCUT2D eigenvalue weighted by Crippen LogP contribution is -2.54. The van der Waals surface area contributed by atoms with Gasteiger partial charge in [-0.2, -0.15) is 12.7 Å². The molecule has 2 unspecified atom stereocenters. The van der Waals surface area contributed by atoms with Crippen LogP contribution in [-0.2, 0) is 16.8 Å². The van der Waals surface area contributed by atoms with Crippen molar-refractivity contribution in [3.05, 3.63) is 64.5 Å². The van der Waals surface area contributed by atoms with Crippen molar-refractivity contribution in [1.29, 1.82) is 0 Å². The van der Waals surface area contributed by atoms with Crippen LogP contribution < -0.4 is 9.46 Å². The van der Waals surface area contributed by atoms with Gasteiger partial charge in [-0.3, -0.25) is 9.59 Å². The largest absolute Gasteiger partial charge is 0.497 e. The van der Waals surface area contributed by atoms with Gasteiger partial charge in [0.1, 0.15) is 5.75 Å². The average Bonchev–Trinajstić information content (AvgIpc) is 3.77. The van der Waals surface area contributed by atoms with E-state index in [1.54, 1.807) is 13.2 Å². The predicted octanol–water partition coefficient (Wildman–Crippen LogP) is 5.55. The Morgan fingerprint density at radius 3 is 2.35 bits per heavy atom. The number of hydrogen-bond donors (Lipinski definition) is 1. The topological polar surface area (TPSA) is 135 Å². The molecular weight excluding hydrogens is 705 g/mol. The molecule has 3 fully saturated rings. The number of likely N-dealkylation sites (tertiary alicyclic amines) is 1. The van der Waals surface area contributed by atoms with Crippen LogP contribution >= 0.6 is 0 Å². The molecule has 5 heterocycles. The van der Waals surface area contributed by atoms with Crippen LogP contribution in [0.5, 0.6) is 5.75 Å². The molecular formula is C40H50N8O5S. The Morgan fingerprint density at radius 2 is 1.69 bits per heavy atom. The summed E-state index contributed by atoms with van der Waals surface area (Å²) in [5.41, 5.74) is 7.23. The van der Waals surface area contributed by atoms with E-state index in [1.807, 2.05) is 42.8 Å². The number of likely N-dealkylation sites (N-methyl/N-ethyl adjacent to an activating group) is 1. The fourth-order valence-corrected chi connectivity index (χ4v) is 9.79. The van der Waals surface area contributed by atoms with Crippen molar-refractivity contribution in [2.24, 2.45) is 0 Å². The fourth-order valence-electron chi connectivity index (χ4n) is 9.26. The second-order valence-corrected chi connectivity index (χ2v) is 17.8. The number of carbonyl (C=O) groups excluding carboxylic acids is 2. The second kappa shape index (κ2) is 14.0. The molecule has 2 atom stereocenters. The molecule has 1 aliphatic carbocycles. The molecule has 1 saturated carbocycles. The number of benzene rings is 2. The number of methoxy groups -OCH3 is 1. The highest BCUT2D eigenvalue weighted by Gasteiger charge is 2.44. The van der Waals surface area contributed by atoms with Crippen molar-refractivity contribution < 1.29 is 22.7 Å². The zero-order valence-electron chi connectivity index (χ0n) is 32.0. The molecule has 8 rings (SSSR count). The molecule has 1 N–H and O–H groups in total. The van der Waals surface area contributed by atoms with Crippen molar-refractivity contribution >= 4 is 44.6 Å². The van der Waals surface area contributed by atoms with Crippen molar-refractivity contribution in [3.63, 3.8) is 0 Å². The zero-order chi connectivity index (χ0) is 38.1. The fraction of sp³-hybridized carbons (Fsp3) is 0.500. The first-order valence-electron chi connectivity index (χ1n) is 19.1. The van der Waals surface area contributed by atoms with Crippen LogP contribution in [0.2, 0.25) is 0 Å². The standard InChI is InChI=1S/C40H50N8O5S/c1-24(2)48-37(36(41-43-48)40(50)47-29-13-14-30(47)23-45(5)22-29)28-18-27-19-31(53-6)15-17-32(27)38-35(25-10-8-7-9-11-25)33-16-12-26(20-34(33)46(38)21-28)39(49)42-54(51,52)44(3)4/h12,15-20,24-25,29-30H,7-11,13-14,21-23H2,1-6H3,(H,42,49). The van der Waals surface area contributed by atoms with E-state index in [9.17, 15) is 18.0 Å². The van der Waals surface area contributed by atoms with E-state index < -0.39 is 16.1 Å². The quantitative estimate of drug-likeness (QED) is 0.248. The smallest absolute Gasteiger partial charge is 0.303 e. The minimum atomic E-state index is -4.01. The van der Waals surface area contributed by atoms with Crippen LogP contribution in [0.25, 0.3) is 33.8 Å². The van der Waals surface area contributed by atoms with Gasteiger partial charge in [0.2, 0.25) is 0 Å². The summed E-state index contributed by atoms with van der Waals surface area (Å²) in [5, 5.41) is 10.3. The Bertz CT molecular complexity index is 2270. The van der Waals surface area contributed by atoms with Gasteiger partial charge in [0.05, 0.1) is 25.0 Å². The number of amides is 2. The minimum Gasteiger partial charge on any atom is -0.497 e. The molecule has 2 aromatic heterocycles.